The van der Waals surface area contributed by atoms with Crippen molar-refractivity contribution in [2.24, 2.45) is 0 Å². The Labute approximate surface area is 180 Å². The zero-order chi connectivity index (χ0) is 20.4. The zero-order valence-corrected chi connectivity index (χ0v) is 17.7. The first kappa shape index (κ1) is 20.1. The number of rotatable bonds is 5. The highest BCUT2D eigenvalue weighted by Gasteiger charge is 2.23. The van der Waals surface area contributed by atoms with Gasteiger partial charge in [0.05, 0.1) is 20.9 Å². The molecule has 29 heavy (non-hydrogen) atoms. The van der Waals surface area contributed by atoms with Crippen LogP contribution in [0.1, 0.15) is 13.3 Å². The molecule has 1 aliphatic rings. The Morgan fingerprint density at radius 3 is 2.41 bits per heavy atom. The van der Waals surface area contributed by atoms with E-state index in [-0.39, 0.29) is 5.78 Å². The monoisotopic (exact) mass is 428 g/mol. The largest absolute Gasteiger partial charge is 0.353 e. The van der Waals surface area contributed by atoms with Gasteiger partial charge in [0.15, 0.2) is 5.82 Å². The summed E-state index contributed by atoms with van der Waals surface area (Å²) in [5, 5.41) is 2.12. The van der Waals surface area contributed by atoms with E-state index >= 15 is 0 Å². The van der Waals surface area contributed by atoms with Gasteiger partial charge >= 0.3 is 0 Å². The summed E-state index contributed by atoms with van der Waals surface area (Å²) >= 11 is 12.9. The van der Waals surface area contributed by atoms with Crippen molar-refractivity contribution in [3.05, 3.63) is 52.5 Å². The number of fused-ring (bicyclic) bond motifs is 1. The highest BCUT2D eigenvalue weighted by molar-refractivity contribution is 6.36. The molecule has 0 unspecified atom stereocenters. The average Bonchev–Trinajstić information content (AvgIpc) is 2.72. The summed E-state index contributed by atoms with van der Waals surface area (Å²) in [5.74, 6) is 1.66. The Morgan fingerprint density at radius 2 is 1.69 bits per heavy atom. The Kier molecular flexibility index (Phi) is 5.99. The first-order valence-corrected chi connectivity index (χ1v) is 10.5. The lowest BCUT2D eigenvalue weighted by Crippen LogP contribution is -2.47. The minimum Gasteiger partial charge on any atom is -0.353 e. The molecular weight excluding hydrogens is 407 g/mol. The van der Waals surface area contributed by atoms with Gasteiger partial charge in [-0.05, 0) is 31.2 Å². The molecule has 150 valence electrons. The van der Waals surface area contributed by atoms with Crippen LogP contribution in [0.5, 0.6) is 0 Å². The lowest BCUT2D eigenvalue weighted by atomic mass is 10.1. The molecule has 0 bridgehead atoms. The van der Waals surface area contributed by atoms with Crippen LogP contribution in [-0.2, 0) is 4.79 Å². The Bertz CT molecular complexity index is 1050. The van der Waals surface area contributed by atoms with Crippen molar-refractivity contribution in [3.63, 3.8) is 0 Å². The van der Waals surface area contributed by atoms with Crippen LogP contribution in [0.2, 0.25) is 10.0 Å². The van der Waals surface area contributed by atoms with Crippen LogP contribution in [0.4, 0.5) is 5.82 Å². The van der Waals surface area contributed by atoms with Gasteiger partial charge in [-0.3, -0.25) is 9.69 Å². The van der Waals surface area contributed by atoms with Gasteiger partial charge in [-0.15, -0.1) is 0 Å². The van der Waals surface area contributed by atoms with Crippen molar-refractivity contribution < 1.29 is 4.79 Å². The van der Waals surface area contributed by atoms with E-state index < -0.39 is 0 Å². The van der Waals surface area contributed by atoms with Crippen LogP contribution in [0, 0.1) is 0 Å². The van der Waals surface area contributed by atoms with Crippen molar-refractivity contribution in [1.29, 1.82) is 0 Å². The van der Waals surface area contributed by atoms with Gasteiger partial charge in [-0.25, -0.2) is 9.97 Å². The molecule has 4 rings (SSSR count). The third-order valence-corrected chi connectivity index (χ3v) is 5.86. The Morgan fingerprint density at radius 1 is 0.966 bits per heavy atom. The van der Waals surface area contributed by atoms with Gasteiger partial charge in [-0.2, -0.15) is 0 Å². The van der Waals surface area contributed by atoms with Crippen molar-refractivity contribution in [2.45, 2.75) is 13.3 Å². The van der Waals surface area contributed by atoms with Crippen LogP contribution in [0.3, 0.4) is 0 Å². The van der Waals surface area contributed by atoms with Crippen molar-refractivity contribution in [2.75, 3.05) is 37.6 Å². The number of piperazine rings is 1. The molecule has 1 aromatic heterocycles. The number of carbonyl (C=O) groups is 1. The molecule has 0 N–H and O–H groups in total. The zero-order valence-electron chi connectivity index (χ0n) is 16.2. The number of Topliss-reactive ketones (excluding diaryl/α,β-unsaturated/α-hetero) is 1. The maximum atomic E-state index is 11.3. The molecular formula is C22H22Cl2N4O. The summed E-state index contributed by atoms with van der Waals surface area (Å²) in [6, 6.07) is 13.3. The van der Waals surface area contributed by atoms with Gasteiger partial charge in [0.1, 0.15) is 11.6 Å². The standard InChI is InChI=1S/C22H22Cl2N4O/c1-15(29)9-10-27-11-13-28(14-12-27)22-20-18(24)7-4-8-19(20)25-21(26-22)16-5-2-3-6-17(16)23/h2-8H,9-14H2,1H3. The van der Waals surface area contributed by atoms with Gasteiger partial charge in [0.2, 0.25) is 0 Å². The molecule has 2 aromatic carbocycles. The van der Waals surface area contributed by atoms with Crippen LogP contribution < -0.4 is 4.90 Å². The number of anilines is 1. The minimum atomic E-state index is 0.227. The number of carbonyl (C=O) groups excluding carboxylic acids is 1. The number of benzene rings is 2. The predicted octanol–water partition coefficient (Wildman–Crippen LogP) is 4.70. The lowest BCUT2D eigenvalue weighted by molar-refractivity contribution is -0.117. The van der Waals surface area contributed by atoms with Crippen LogP contribution in [-0.4, -0.2) is 53.4 Å². The predicted molar refractivity (Wildman–Crippen MR) is 119 cm³/mol. The van der Waals surface area contributed by atoms with E-state index in [9.17, 15) is 4.79 Å². The quantitative estimate of drug-likeness (QED) is 0.588. The topological polar surface area (TPSA) is 49.3 Å². The SMILES string of the molecule is CC(=O)CCN1CCN(c2nc(-c3ccccc3Cl)nc3cccc(Cl)c23)CC1. The molecule has 0 spiro atoms. The fraction of sp³-hybridized carbons (Fsp3) is 0.318. The first-order chi connectivity index (χ1) is 14.0. The maximum Gasteiger partial charge on any atom is 0.163 e. The third kappa shape index (κ3) is 4.37. The van der Waals surface area contributed by atoms with Gasteiger partial charge in [0.25, 0.3) is 0 Å². The molecule has 0 radical (unpaired) electrons. The van der Waals surface area contributed by atoms with E-state index in [1.54, 1.807) is 6.92 Å². The summed E-state index contributed by atoms with van der Waals surface area (Å²) < 4.78 is 0. The molecule has 0 atom stereocenters. The number of aromatic nitrogens is 2. The second-order valence-electron chi connectivity index (χ2n) is 7.27. The normalized spacial score (nSPS) is 15.1. The summed E-state index contributed by atoms with van der Waals surface area (Å²) in [5.41, 5.74) is 1.61. The third-order valence-electron chi connectivity index (χ3n) is 5.22. The van der Waals surface area contributed by atoms with E-state index in [1.807, 2.05) is 42.5 Å². The molecule has 0 amide bonds. The van der Waals surface area contributed by atoms with Crippen molar-refractivity contribution >= 4 is 45.7 Å². The van der Waals surface area contributed by atoms with E-state index in [2.05, 4.69) is 9.80 Å². The number of halogens is 2. The van der Waals surface area contributed by atoms with Crippen LogP contribution >= 0.6 is 23.2 Å². The number of ketones is 1. The molecule has 7 heteroatoms. The number of hydrogen-bond donors (Lipinski definition) is 0. The van der Waals surface area contributed by atoms with Crippen LogP contribution in [0.15, 0.2) is 42.5 Å². The molecule has 3 aromatic rings. The molecule has 1 aliphatic heterocycles. The molecule has 2 heterocycles. The van der Waals surface area contributed by atoms with Gasteiger partial charge in [0, 0.05) is 44.7 Å². The number of nitrogens with zero attached hydrogens (tertiary/aromatic N) is 4. The summed E-state index contributed by atoms with van der Waals surface area (Å²) in [6.07, 6.45) is 0.596. The lowest BCUT2D eigenvalue weighted by Gasteiger charge is -2.36. The fourth-order valence-electron chi connectivity index (χ4n) is 3.61. The molecule has 5 nitrogen and oxygen atoms in total. The second kappa shape index (κ2) is 8.66. The van der Waals surface area contributed by atoms with E-state index in [4.69, 9.17) is 33.2 Å². The van der Waals surface area contributed by atoms with Crippen LogP contribution in [0.25, 0.3) is 22.3 Å². The molecule has 1 fully saturated rings. The van der Waals surface area contributed by atoms with Gasteiger partial charge < -0.3 is 4.90 Å². The Balaban J connectivity index is 1.70. The van der Waals surface area contributed by atoms with Crippen molar-refractivity contribution in [3.8, 4) is 11.4 Å². The van der Waals surface area contributed by atoms with E-state index in [1.165, 1.54) is 0 Å². The maximum absolute atomic E-state index is 11.3. The molecule has 0 saturated carbocycles. The van der Waals surface area contributed by atoms with E-state index in [0.29, 0.717) is 22.3 Å². The molecule has 0 aliphatic carbocycles. The van der Waals surface area contributed by atoms with Gasteiger partial charge in [-0.1, -0.05) is 41.4 Å². The summed E-state index contributed by atoms with van der Waals surface area (Å²) in [4.78, 5) is 25.5. The highest BCUT2D eigenvalue weighted by atomic mass is 35.5. The number of hydrogen-bond acceptors (Lipinski definition) is 5. The average molecular weight is 429 g/mol. The minimum absolute atomic E-state index is 0.227. The summed E-state index contributed by atoms with van der Waals surface area (Å²) in [7, 11) is 0. The fourth-order valence-corrected chi connectivity index (χ4v) is 4.09. The first-order valence-electron chi connectivity index (χ1n) is 9.71. The Hall–Kier alpha value is -2.21. The van der Waals surface area contributed by atoms with E-state index in [0.717, 1.165) is 55.0 Å². The second-order valence-corrected chi connectivity index (χ2v) is 8.08. The smallest absolute Gasteiger partial charge is 0.163 e. The molecule has 1 saturated heterocycles. The summed E-state index contributed by atoms with van der Waals surface area (Å²) in [6.45, 7) is 5.84. The van der Waals surface area contributed by atoms with Crippen molar-refractivity contribution in [1.82, 2.24) is 14.9 Å². The highest BCUT2D eigenvalue weighted by Crippen LogP contribution is 2.34.